The molecule has 0 unspecified atom stereocenters. The molecular weight excluding hydrogens is 312 g/mol. The van der Waals surface area contributed by atoms with Crippen molar-refractivity contribution in [1.29, 1.82) is 5.26 Å². The minimum atomic E-state index is 0.689. The van der Waals surface area contributed by atoms with Gasteiger partial charge >= 0.3 is 0 Å². The Morgan fingerprint density at radius 1 is 1.40 bits per heavy atom. The highest BCUT2D eigenvalue weighted by Gasteiger charge is 2.09. The number of thioether (sulfide) groups is 3. The van der Waals surface area contributed by atoms with Gasteiger partial charge in [-0.2, -0.15) is 14.9 Å². The zero-order valence-electron chi connectivity index (χ0n) is 10.5. The molecule has 1 aromatic heterocycles. The van der Waals surface area contributed by atoms with Crippen molar-refractivity contribution in [3.63, 3.8) is 0 Å². The summed E-state index contributed by atoms with van der Waals surface area (Å²) < 4.78 is 2.42. The average molecular weight is 322 g/mol. The summed E-state index contributed by atoms with van der Waals surface area (Å²) in [6.07, 6.45) is 3.68. The largest absolute Gasteiger partial charge is 0.214 e. The molecule has 1 heterocycles. The molecule has 0 bridgehead atoms. The molecule has 0 fully saturated rings. The Morgan fingerprint density at radius 3 is 2.90 bits per heavy atom. The van der Waals surface area contributed by atoms with Crippen LogP contribution in [0.4, 0.5) is 0 Å². The highest BCUT2D eigenvalue weighted by molar-refractivity contribution is 8.41. The Morgan fingerprint density at radius 2 is 2.20 bits per heavy atom. The Bertz CT molecular complexity index is 619. The van der Waals surface area contributed by atoms with Gasteiger partial charge in [0, 0.05) is 0 Å². The minimum absolute atomic E-state index is 0.689. The summed E-state index contributed by atoms with van der Waals surface area (Å²) in [5, 5.41) is 21.6. The van der Waals surface area contributed by atoms with E-state index >= 15 is 0 Å². The summed E-state index contributed by atoms with van der Waals surface area (Å²) >= 11 is 4.45. The highest BCUT2D eigenvalue weighted by Crippen LogP contribution is 2.25. The third kappa shape index (κ3) is 4.00. The first kappa shape index (κ1) is 14.9. The number of hydrogen-bond donors (Lipinski definition) is 0. The van der Waals surface area contributed by atoms with Crippen LogP contribution < -0.4 is 0 Å². The number of tetrazole rings is 1. The van der Waals surface area contributed by atoms with Gasteiger partial charge in [0.15, 0.2) is 0 Å². The Labute approximate surface area is 129 Å². The molecule has 0 saturated carbocycles. The van der Waals surface area contributed by atoms with Crippen molar-refractivity contribution in [2.45, 2.75) is 5.16 Å². The van der Waals surface area contributed by atoms with Gasteiger partial charge in [0.2, 0.25) is 11.3 Å². The van der Waals surface area contributed by atoms with Crippen LogP contribution in [0.25, 0.3) is 5.69 Å². The third-order valence-electron chi connectivity index (χ3n) is 2.13. The van der Waals surface area contributed by atoms with E-state index in [4.69, 9.17) is 5.26 Å². The van der Waals surface area contributed by atoms with Gasteiger partial charge in [-0.25, -0.2) is 0 Å². The zero-order valence-corrected chi connectivity index (χ0v) is 13.0. The van der Waals surface area contributed by atoms with E-state index in [9.17, 15) is 0 Å². The molecule has 2 rings (SSSR count). The van der Waals surface area contributed by atoms with Gasteiger partial charge in [-0.3, -0.25) is 0 Å². The van der Waals surface area contributed by atoms with Gasteiger partial charge in [-0.1, -0.05) is 41.7 Å². The number of para-hydroxylation sites is 1. The lowest BCUT2D eigenvalue weighted by Crippen LogP contribution is -1.98. The van der Waals surface area contributed by atoms with Gasteiger partial charge in [0.1, 0.15) is 4.38 Å². The standard InChI is InChI=1S/C11H10N6S3/c1-18-11(13-7-12)20-8-19-10-14-15-16-17(10)9-5-3-2-4-6-9/h2-6H,8H2,1H3. The molecule has 9 heteroatoms. The molecule has 20 heavy (non-hydrogen) atoms. The van der Waals surface area contributed by atoms with Crippen LogP contribution in [0.1, 0.15) is 0 Å². The van der Waals surface area contributed by atoms with Crippen molar-refractivity contribution in [2.24, 2.45) is 4.99 Å². The summed E-state index contributed by atoms with van der Waals surface area (Å²) in [6.45, 7) is 0. The van der Waals surface area contributed by atoms with Crippen LogP contribution in [0.3, 0.4) is 0 Å². The van der Waals surface area contributed by atoms with Crippen molar-refractivity contribution in [2.75, 3.05) is 11.3 Å². The van der Waals surface area contributed by atoms with Crippen LogP contribution in [0.5, 0.6) is 0 Å². The topological polar surface area (TPSA) is 79.8 Å². The molecule has 0 radical (unpaired) electrons. The molecule has 0 saturated heterocycles. The molecule has 0 aliphatic heterocycles. The van der Waals surface area contributed by atoms with E-state index < -0.39 is 0 Å². The second kappa shape index (κ2) is 7.94. The number of rotatable bonds is 4. The van der Waals surface area contributed by atoms with Crippen molar-refractivity contribution in [3.8, 4) is 11.9 Å². The third-order valence-corrected chi connectivity index (χ3v) is 5.22. The molecule has 0 amide bonds. The quantitative estimate of drug-likeness (QED) is 0.281. The smallest absolute Gasteiger partial charge is 0.187 e. The number of aliphatic imine (C=N–C) groups is 1. The molecule has 0 N–H and O–H groups in total. The maximum absolute atomic E-state index is 8.54. The summed E-state index contributed by atoms with van der Waals surface area (Å²) in [5.74, 6) is 0. The monoisotopic (exact) mass is 322 g/mol. The van der Waals surface area contributed by atoms with Gasteiger partial charge < -0.3 is 0 Å². The number of benzene rings is 1. The number of aromatic nitrogens is 4. The van der Waals surface area contributed by atoms with Crippen molar-refractivity contribution < 1.29 is 0 Å². The predicted molar refractivity (Wildman–Crippen MR) is 84.0 cm³/mol. The van der Waals surface area contributed by atoms with Crippen LogP contribution >= 0.6 is 35.3 Å². The van der Waals surface area contributed by atoms with Gasteiger partial charge in [-0.15, -0.1) is 16.9 Å². The van der Waals surface area contributed by atoms with E-state index in [-0.39, 0.29) is 0 Å². The Kier molecular flexibility index (Phi) is 5.91. The van der Waals surface area contributed by atoms with Crippen LogP contribution in [0.15, 0.2) is 40.5 Å². The molecule has 0 atom stereocenters. The average Bonchev–Trinajstić information content (AvgIpc) is 2.95. The van der Waals surface area contributed by atoms with E-state index in [0.29, 0.717) is 10.2 Å². The molecule has 6 nitrogen and oxygen atoms in total. The number of nitrogens with zero attached hydrogens (tertiary/aromatic N) is 6. The van der Waals surface area contributed by atoms with E-state index in [1.165, 1.54) is 35.3 Å². The molecular formula is C11H10N6S3. The Balaban J connectivity index is 2.00. The fourth-order valence-electron chi connectivity index (χ4n) is 1.31. The van der Waals surface area contributed by atoms with E-state index in [2.05, 4.69) is 20.5 Å². The first-order chi connectivity index (χ1) is 9.85. The second-order valence-electron chi connectivity index (χ2n) is 3.30. The molecule has 0 aliphatic carbocycles. The molecule has 2 aromatic rings. The van der Waals surface area contributed by atoms with Crippen LogP contribution in [0.2, 0.25) is 0 Å². The summed E-state index contributed by atoms with van der Waals surface area (Å²) in [5.41, 5.74) is 0.917. The minimum Gasteiger partial charge on any atom is -0.187 e. The van der Waals surface area contributed by atoms with Crippen molar-refractivity contribution in [3.05, 3.63) is 30.3 Å². The van der Waals surface area contributed by atoms with Crippen LogP contribution in [0, 0.1) is 11.5 Å². The van der Waals surface area contributed by atoms with Crippen molar-refractivity contribution in [1.82, 2.24) is 20.2 Å². The lowest BCUT2D eigenvalue weighted by atomic mass is 10.3. The van der Waals surface area contributed by atoms with Crippen LogP contribution in [-0.2, 0) is 0 Å². The predicted octanol–water partition coefficient (Wildman–Crippen LogP) is 2.65. The molecule has 102 valence electrons. The van der Waals surface area contributed by atoms with Crippen molar-refractivity contribution >= 4 is 39.7 Å². The molecule has 0 spiro atoms. The normalized spacial score (nSPS) is 11.3. The van der Waals surface area contributed by atoms with Crippen LogP contribution in [-0.4, -0.2) is 35.9 Å². The van der Waals surface area contributed by atoms with Gasteiger partial charge in [0.25, 0.3) is 0 Å². The lowest BCUT2D eigenvalue weighted by Gasteiger charge is -2.03. The zero-order chi connectivity index (χ0) is 14.2. The summed E-state index contributed by atoms with van der Waals surface area (Å²) in [4.78, 5) is 3.72. The summed E-state index contributed by atoms with van der Waals surface area (Å²) in [6, 6.07) is 9.70. The maximum atomic E-state index is 8.54. The first-order valence-electron chi connectivity index (χ1n) is 5.45. The SMILES string of the molecule is CSC(=NC#N)SCSc1nnnn1-c1ccccc1. The number of hydrogen-bond acceptors (Lipinski definition) is 8. The Hall–Kier alpha value is -1.50. The van der Waals surface area contributed by atoms with Gasteiger partial charge in [-0.05, 0) is 28.8 Å². The van der Waals surface area contributed by atoms with Gasteiger partial charge in [0.05, 0.1) is 10.8 Å². The van der Waals surface area contributed by atoms with E-state index in [1.807, 2.05) is 36.6 Å². The first-order valence-corrected chi connectivity index (χ1v) is 8.65. The lowest BCUT2D eigenvalue weighted by molar-refractivity contribution is 0.757. The fraction of sp³-hybridized carbons (Fsp3) is 0.182. The fourth-order valence-corrected chi connectivity index (χ4v) is 3.87. The highest BCUT2D eigenvalue weighted by atomic mass is 32.2. The summed E-state index contributed by atoms with van der Waals surface area (Å²) in [7, 11) is 0. The molecule has 0 aliphatic rings. The second-order valence-corrected chi connectivity index (χ2v) is 6.62. The molecule has 1 aromatic carbocycles. The van der Waals surface area contributed by atoms with E-state index in [1.54, 1.807) is 10.9 Å². The van der Waals surface area contributed by atoms with E-state index in [0.717, 1.165) is 10.1 Å². The number of nitriles is 1. The maximum Gasteiger partial charge on any atom is 0.214 e.